The zero-order valence-electron chi connectivity index (χ0n) is 12.7. The van der Waals surface area contributed by atoms with E-state index in [0.29, 0.717) is 0 Å². The molecule has 0 bridgehead atoms. The van der Waals surface area contributed by atoms with Crippen molar-refractivity contribution in [3.63, 3.8) is 0 Å². The average Bonchev–Trinajstić information content (AvgIpc) is 2.57. The highest BCUT2D eigenvalue weighted by Crippen LogP contribution is 2.13. The molecular weight excluding hydrogens is 313 g/mol. The van der Waals surface area contributed by atoms with Crippen LogP contribution in [0, 0.1) is 5.82 Å². The molecule has 2 rings (SSSR count). The summed E-state index contributed by atoms with van der Waals surface area (Å²) < 4.78 is 25.7. The minimum atomic E-state index is -1.37. The van der Waals surface area contributed by atoms with Gasteiger partial charge in [0.05, 0.1) is 5.69 Å². The molecule has 5 heteroatoms. The summed E-state index contributed by atoms with van der Waals surface area (Å²) in [6, 6.07) is 15.5. The van der Waals surface area contributed by atoms with Crippen LogP contribution in [0.15, 0.2) is 60.7 Å². The number of para-hydroxylation sites is 1. The maximum Gasteiger partial charge on any atom is 0.239 e. The predicted molar refractivity (Wildman–Crippen MR) is 93.0 cm³/mol. The van der Waals surface area contributed by atoms with E-state index >= 15 is 0 Å². The van der Waals surface area contributed by atoms with Gasteiger partial charge in [0.25, 0.3) is 0 Å². The summed E-state index contributed by atoms with van der Waals surface area (Å²) in [4.78, 5) is 12.0. The second-order valence-corrected chi connectivity index (χ2v) is 6.77. The van der Waals surface area contributed by atoms with Crippen molar-refractivity contribution in [2.24, 2.45) is 0 Å². The molecular formula is C18H18FNO2S. The molecule has 0 aliphatic rings. The van der Waals surface area contributed by atoms with E-state index in [2.05, 4.69) is 5.32 Å². The van der Waals surface area contributed by atoms with E-state index in [-0.39, 0.29) is 11.4 Å². The minimum Gasteiger partial charge on any atom is -0.323 e. The highest BCUT2D eigenvalue weighted by atomic mass is 32.2. The molecule has 1 N–H and O–H groups in total. The second kappa shape index (κ2) is 8.39. The van der Waals surface area contributed by atoms with Crippen molar-refractivity contribution in [1.29, 1.82) is 0 Å². The van der Waals surface area contributed by atoms with Crippen LogP contribution in [-0.4, -0.2) is 21.1 Å². The summed E-state index contributed by atoms with van der Waals surface area (Å²) in [6.07, 6.45) is 3.64. The van der Waals surface area contributed by atoms with Crippen LogP contribution >= 0.6 is 0 Å². The molecule has 2 unspecified atom stereocenters. The quantitative estimate of drug-likeness (QED) is 0.879. The fraction of sp³-hybridized carbons (Fsp3) is 0.167. The Hall–Kier alpha value is -2.27. The smallest absolute Gasteiger partial charge is 0.239 e. The standard InChI is InChI=1S/C18H18FNO2S/c1-14(18(21)20-17-12-6-5-11-16(17)19)23(22)13-7-10-15-8-3-2-4-9-15/h2-12,14H,13H2,1H3,(H,20,21)/b10-7+. The number of hydrogen-bond acceptors (Lipinski definition) is 2. The van der Waals surface area contributed by atoms with Gasteiger partial charge in [0, 0.05) is 16.6 Å². The van der Waals surface area contributed by atoms with E-state index in [1.807, 2.05) is 36.4 Å². The van der Waals surface area contributed by atoms with Crippen LogP contribution in [0.5, 0.6) is 0 Å². The molecule has 0 spiro atoms. The molecule has 0 saturated carbocycles. The normalized spacial score (nSPS) is 13.7. The van der Waals surface area contributed by atoms with Gasteiger partial charge < -0.3 is 5.32 Å². The predicted octanol–water partition coefficient (Wildman–Crippen LogP) is 3.61. The van der Waals surface area contributed by atoms with Crippen LogP contribution in [0.25, 0.3) is 6.08 Å². The van der Waals surface area contributed by atoms with Gasteiger partial charge in [0.2, 0.25) is 5.91 Å². The van der Waals surface area contributed by atoms with Crippen molar-refractivity contribution in [2.45, 2.75) is 12.2 Å². The van der Waals surface area contributed by atoms with Gasteiger partial charge in [-0.3, -0.25) is 9.00 Å². The van der Waals surface area contributed by atoms with Crippen LogP contribution in [0.2, 0.25) is 0 Å². The number of amides is 1. The third-order valence-electron chi connectivity index (χ3n) is 3.27. The van der Waals surface area contributed by atoms with Gasteiger partial charge in [0.15, 0.2) is 0 Å². The fourth-order valence-corrected chi connectivity index (χ4v) is 2.78. The number of halogens is 1. The Bertz CT molecular complexity index is 716. The highest BCUT2D eigenvalue weighted by Gasteiger charge is 2.19. The Morgan fingerprint density at radius 3 is 2.52 bits per heavy atom. The lowest BCUT2D eigenvalue weighted by molar-refractivity contribution is -0.115. The molecule has 1 amide bonds. The van der Waals surface area contributed by atoms with E-state index in [1.165, 1.54) is 12.1 Å². The first-order valence-electron chi connectivity index (χ1n) is 7.22. The molecule has 0 aliphatic carbocycles. The molecule has 0 saturated heterocycles. The van der Waals surface area contributed by atoms with Crippen molar-refractivity contribution in [3.8, 4) is 0 Å². The molecule has 0 aromatic heterocycles. The molecule has 2 atom stereocenters. The zero-order valence-corrected chi connectivity index (χ0v) is 13.6. The lowest BCUT2D eigenvalue weighted by Crippen LogP contribution is -2.30. The first kappa shape index (κ1) is 17.1. The molecule has 2 aromatic rings. The molecule has 0 fully saturated rings. The van der Waals surface area contributed by atoms with Gasteiger partial charge in [0.1, 0.15) is 11.1 Å². The highest BCUT2D eigenvalue weighted by molar-refractivity contribution is 7.86. The number of carbonyl (C=O) groups is 1. The van der Waals surface area contributed by atoms with Crippen LogP contribution in [-0.2, 0) is 15.6 Å². The van der Waals surface area contributed by atoms with Crippen LogP contribution in [0.1, 0.15) is 12.5 Å². The first-order valence-corrected chi connectivity index (χ1v) is 8.60. The lowest BCUT2D eigenvalue weighted by Gasteiger charge is -2.11. The number of nitrogens with one attached hydrogen (secondary N) is 1. The average molecular weight is 331 g/mol. The Labute approximate surface area is 137 Å². The van der Waals surface area contributed by atoms with Crippen molar-refractivity contribution in [1.82, 2.24) is 0 Å². The molecule has 2 aromatic carbocycles. The van der Waals surface area contributed by atoms with Crippen molar-refractivity contribution in [3.05, 3.63) is 72.1 Å². The van der Waals surface area contributed by atoms with Gasteiger partial charge in [-0.25, -0.2) is 4.39 Å². The van der Waals surface area contributed by atoms with Crippen molar-refractivity contribution < 1.29 is 13.4 Å². The first-order chi connectivity index (χ1) is 11.1. The topological polar surface area (TPSA) is 46.2 Å². The Morgan fingerprint density at radius 2 is 1.83 bits per heavy atom. The van der Waals surface area contributed by atoms with Crippen LogP contribution in [0.3, 0.4) is 0 Å². The Balaban J connectivity index is 1.90. The van der Waals surface area contributed by atoms with E-state index in [9.17, 15) is 13.4 Å². The Kier molecular flexibility index (Phi) is 6.23. The largest absolute Gasteiger partial charge is 0.323 e. The van der Waals surface area contributed by atoms with Gasteiger partial charge in [-0.1, -0.05) is 54.6 Å². The summed E-state index contributed by atoms with van der Waals surface area (Å²) in [5, 5.41) is 1.74. The SMILES string of the molecule is CC(C(=O)Nc1ccccc1F)S(=O)C/C=C/c1ccccc1. The van der Waals surface area contributed by atoms with Crippen LogP contribution in [0.4, 0.5) is 10.1 Å². The van der Waals surface area contributed by atoms with Gasteiger partial charge >= 0.3 is 0 Å². The maximum atomic E-state index is 13.5. The number of hydrogen-bond donors (Lipinski definition) is 1. The van der Waals surface area contributed by atoms with E-state index in [1.54, 1.807) is 25.1 Å². The molecule has 0 radical (unpaired) electrons. The van der Waals surface area contributed by atoms with E-state index in [0.717, 1.165) is 5.56 Å². The third-order valence-corrected chi connectivity index (χ3v) is 4.79. The zero-order chi connectivity index (χ0) is 16.7. The summed E-state index contributed by atoms with van der Waals surface area (Å²) in [5.74, 6) is -0.704. The summed E-state index contributed by atoms with van der Waals surface area (Å²) in [6.45, 7) is 1.57. The fourth-order valence-electron chi connectivity index (χ4n) is 1.90. The third kappa shape index (κ3) is 5.14. The molecule has 0 aliphatic heterocycles. The summed E-state index contributed by atoms with van der Waals surface area (Å²) >= 11 is 0. The Morgan fingerprint density at radius 1 is 1.17 bits per heavy atom. The minimum absolute atomic E-state index is 0.0983. The second-order valence-electron chi connectivity index (χ2n) is 4.97. The van der Waals surface area contributed by atoms with Gasteiger partial charge in [-0.15, -0.1) is 0 Å². The van der Waals surface area contributed by atoms with Crippen LogP contribution < -0.4 is 5.32 Å². The molecule has 23 heavy (non-hydrogen) atoms. The lowest BCUT2D eigenvalue weighted by atomic mass is 10.2. The number of carbonyl (C=O) groups excluding carboxylic acids is 1. The van der Waals surface area contributed by atoms with Gasteiger partial charge in [-0.05, 0) is 24.6 Å². The maximum absolute atomic E-state index is 13.5. The summed E-state index contributed by atoms with van der Waals surface area (Å²) in [5.41, 5.74) is 1.11. The summed E-state index contributed by atoms with van der Waals surface area (Å²) in [7, 11) is -1.37. The molecule has 120 valence electrons. The van der Waals surface area contributed by atoms with Crippen molar-refractivity contribution >= 4 is 28.5 Å². The van der Waals surface area contributed by atoms with E-state index in [4.69, 9.17) is 0 Å². The monoisotopic (exact) mass is 331 g/mol. The molecule has 0 heterocycles. The van der Waals surface area contributed by atoms with Gasteiger partial charge in [-0.2, -0.15) is 0 Å². The number of benzene rings is 2. The van der Waals surface area contributed by atoms with Crippen molar-refractivity contribution in [2.75, 3.05) is 11.1 Å². The number of rotatable bonds is 6. The number of anilines is 1. The van der Waals surface area contributed by atoms with E-state index < -0.39 is 27.8 Å². The molecule has 3 nitrogen and oxygen atoms in total.